The van der Waals surface area contributed by atoms with E-state index in [-0.39, 0.29) is 18.7 Å². The molecular formula is C14H23N3O2. The number of aliphatic hydroxyl groups excluding tert-OH is 1. The monoisotopic (exact) mass is 265 g/mol. The van der Waals surface area contributed by atoms with Gasteiger partial charge in [0, 0.05) is 37.6 Å². The zero-order valence-corrected chi connectivity index (χ0v) is 11.8. The molecule has 106 valence electrons. The predicted octanol–water partition coefficient (Wildman–Crippen LogP) is 2.04. The van der Waals surface area contributed by atoms with Crippen LogP contribution in [0.3, 0.4) is 0 Å². The van der Waals surface area contributed by atoms with Gasteiger partial charge in [-0.2, -0.15) is 0 Å². The van der Waals surface area contributed by atoms with Gasteiger partial charge in [0.2, 0.25) is 0 Å². The van der Waals surface area contributed by atoms with Crippen LogP contribution in [0.15, 0.2) is 24.3 Å². The number of anilines is 2. The highest BCUT2D eigenvalue weighted by Crippen LogP contribution is 2.18. The first-order valence-electron chi connectivity index (χ1n) is 6.56. The number of carbonyl (C=O) groups excluding carboxylic acids is 1. The summed E-state index contributed by atoms with van der Waals surface area (Å²) in [5.41, 5.74) is 1.82. The second kappa shape index (κ2) is 7.63. The van der Waals surface area contributed by atoms with Crippen LogP contribution < -0.4 is 15.5 Å². The van der Waals surface area contributed by atoms with Gasteiger partial charge in [-0.3, -0.25) is 0 Å². The summed E-state index contributed by atoms with van der Waals surface area (Å²) in [6, 6.07) is 7.39. The molecule has 0 aliphatic carbocycles. The molecule has 0 radical (unpaired) electrons. The molecule has 0 bridgehead atoms. The van der Waals surface area contributed by atoms with E-state index in [4.69, 9.17) is 5.11 Å². The number of hydrogen-bond donors (Lipinski definition) is 3. The average Bonchev–Trinajstić information content (AvgIpc) is 2.38. The van der Waals surface area contributed by atoms with Gasteiger partial charge in [-0.25, -0.2) is 4.79 Å². The predicted molar refractivity (Wildman–Crippen MR) is 78.7 cm³/mol. The van der Waals surface area contributed by atoms with Crippen molar-refractivity contribution in [2.45, 2.75) is 26.3 Å². The van der Waals surface area contributed by atoms with Gasteiger partial charge in [-0.15, -0.1) is 0 Å². The lowest BCUT2D eigenvalue weighted by Gasteiger charge is -2.18. The second-order valence-electron chi connectivity index (χ2n) is 4.58. The highest BCUT2D eigenvalue weighted by molar-refractivity contribution is 5.90. The van der Waals surface area contributed by atoms with E-state index < -0.39 is 0 Å². The van der Waals surface area contributed by atoms with Gasteiger partial charge in [-0.05, 0) is 38.5 Å². The highest BCUT2D eigenvalue weighted by atomic mass is 16.3. The van der Waals surface area contributed by atoms with Crippen molar-refractivity contribution in [2.24, 2.45) is 0 Å². The molecule has 0 aliphatic heterocycles. The van der Waals surface area contributed by atoms with Crippen LogP contribution in [0.4, 0.5) is 16.2 Å². The summed E-state index contributed by atoms with van der Waals surface area (Å²) in [4.78, 5) is 13.8. The van der Waals surface area contributed by atoms with Crippen LogP contribution in [-0.4, -0.2) is 37.4 Å². The number of nitrogens with one attached hydrogen (secondary N) is 2. The van der Waals surface area contributed by atoms with E-state index in [0.717, 1.165) is 17.9 Å². The van der Waals surface area contributed by atoms with Crippen LogP contribution in [0.2, 0.25) is 0 Å². The Morgan fingerprint density at radius 2 is 2.21 bits per heavy atom. The minimum atomic E-state index is -0.253. The van der Waals surface area contributed by atoms with Crippen LogP contribution in [0.1, 0.15) is 20.3 Å². The number of amides is 2. The summed E-state index contributed by atoms with van der Waals surface area (Å²) < 4.78 is 0. The Kier molecular flexibility index (Phi) is 6.15. The summed E-state index contributed by atoms with van der Waals surface area (Å²) in [6.07, 6.45) is 0.548. The number of rotatable bonds is 6. The third-order valence-electron chi connectivity index (χ3n) is 2.96. The summed E-state index contributed by atoms with van der Waals surface area (Å²) >= 11 is 0. The summed E-state index contributed by atoms with van der Waals surface area (Å²) in [7, 11) is 2.00. The standard InChI is InChI=1S/C14H23N3O2/c1-4-17(3)13-7-5-6-12(10-13)16-14(19)15-11(2)8-9-18/h5-7,10-11,18H,4,8-9H2,1-3H3,(H2,15,16,19)/t11-/m1/s1. The Bertz CT molecular complexity index is 409. The van der Waals surface area contributed by atoms with Crippen LogP contribution in [-0.2, 0) is 0 Å². The molecule has 0 unspecified atom stereocenters. The van der Waals surface area contributed by atoms with E-state index >= 15 is 0 Å². The van der Waals surface area contributed by atoms with E-state index in [1.54, 1.807) is 0 Å². The Morgan fingerprint density at radius 3 is 2.84 bits per heavy atom. The van der Waals surface area contributed by atoms with Gasteiger partial charge in [-0.1, -0.05) is 6.07 Å². The second-order valence-corrected chi connectivity index (χ2v) is 4.58. The first-order chi connectivity index (χ1) is 9.06. The van der Waals surface area contributed by atoms with Crippen molar-refractivity contribution in [3.63, 3.8) is 0 Å². The van der Waals surface area contributed by atoms with Crippen molar-refractivity contribution in [1.82, 2.24) is 5.32 Å². The third kappa shape index (κ3) is 5.18. The number of urea groups is 1. The fraction of sp³-hybridized carbons (Fsp3) is 0.500. The molecule has 0 saturated carbocycles. The van der Waals surface area contributed by atoms with Crippen LogP contribution in [0.5, 0.6) is 0 Å². The number of carbonyl (C=O) groups is 1. The van der Waals surface area contributed by atoms with E-state index in [2.05, 4.69) is 22.5 Å². The maximum atomic E-state index is 11.7. The lowest BCUT2D eigenvalue weighted by molar-refractivity contribution is 0.241. The van der Waals surface area contributed by atoms with E-state index in [0.29, 0.717) is 6.42 Å². The minimum Gasteiger partial charge on any atom is -0.396 e. The Hall–Kier alpha value is -1.75. The molecule has 19 heavy (non-hydrogen) atoms. The largest absolute Gasteiger partial charge is 0.396 e. The van der Waals surface area contributed by atoms with E-state index in [1.165, 1.54) is 0 Å². The topological polar surface area (TPSA) is 64.6 Å². The molecular weight excluding hydrogens is 242 g/mol. The SMILES string of the molecule is CCN(C)c1cccc(NC(=O)N[C@H](C)CCO)c1. The van der Waals surface area contributed by atoms with E-state index in [1.807, 2.05) is 38.2 Å². The van der Waals surface area contributed by atoms with Gasteiger partial charge < -0.3 is 20.6 Å². The van der Waals surface area contributed by atoms with Crippen molar-refractivity contribution < 1.29 is 9.90 Å². The van der Waals surface area contributed by atoms with Crippen molar-refractivity contribution in [1.29, 1.82) is 0 Å². The van der Waals surface area contributed by atoms with Gasteiger partial charge >= 0.3 is 6.03 Å². The van der Waals surface area contributed by atoms with Crippen LogP contribution in [0, 0.1) is 0 Å². The Morgan fingerprint density at radius 1 is 1.47 bits per heavy atom. The fourth-order valence-corrected chi connectivity index (χ4v) is 1.66. The zero-order chi connectivity index (χ0) is 14.3. The number of benzene rings is 1. The molecule has 0 aliphatic rings. The first kappa shape index (κ1) is 15.3. The van der Waals surface area contributed by atoms with Crippen molar-refractivity contribution in [2.75, 3.05) is 30.4 Å². The molecule has 5 heteroatoms. The van der Waals surface area contributed by atoms with Crippen LogP contribution >= 0.6 is 0 Å². The summed E-state index contributed by atoms with van der Waals surface area (Å²) in [5.74, 6) is 0. The molecule has 0 fully saturated rings. The fourth-order valence-electron chi connectivity index (χ4n) is 1.66. The van der Waals surface area contributed by atoms with Gasteiger partial charge in [0.15, 0.2) is 0 Å². The van der Waals surface area contributed by atoms with Crippen molar-refractivity contribution in [3.8, 4) is 0 Å². The van der Waals surface area contributed by atoms with Gasteiger partial charge in [0.1, 0.15) is 0 Å². The molecule has 1 aromatic carbocycles. The molecule has 0 saturated heterocycles. The normalized spacial score (nSPS) is 11.8. The van der Waals surface area contributed by atoms with Crippen molar-refractivity contribution >= 4 is 17.4 Å². The molecule has 3 N–H and O–H groups in total. The zero-order valence-electron chi connectivity index (χ0n) is 11.8. The molecule has 1 rings (SSSR count). The lowest BCUT2D eigenvalue weighted by atomic mass is 10.2. The number of nitrogens with zero attached hydrogens (tertiary/aromatic N) is 1. The van der Waals surface area contributed by atoms with Crippen LogP contribution in [0.25, 0.3) is 0 Å². The van der Waals surface area contributed by atoms with Crippen molar-refractivity contribution in [3.05, 3.63) is 24.3 Å². The molecule has 1 aromatic rings. The Labute approximate surface area is 114 Å². The maximum absolute atomic E-state index is 11.7. The molecule has 0 heterocycles. The number of hydrogen-bond acceptors (Lipinski definition) is 3. The van der Waals surface area contributed by atoms with Gasteiger partial charge in [0.05, 0.1) is 0 Å². The first-order valence-corrected chi connectivity index (χ1v) is 6.56. The highest BCUT2D eigenvalue weighted by Gasteiger charge is 2.07. The average molecular weight is 265 g/mol. The molecule has 0 aromatic heterocycles. The molecule has 5 nitrogen and oxygen atoms in total. The minimum absolute atomic E-state index is 0.0495. The van der Waals surface area contributed by atoms with Gasteiger partial charge in [0.25, 0.3) is 0 Å². The number of aliphatic hydroxyl groups is 1. The Balaban J connectivity index is 2.59. The summed E-state index contributed by atoms with van der Waals surface area (Å²) in [5, 5.41) is 14.3. The smallest absolute Gasteiger partial charge is 0.319 e. The molecule has 2 amide bonds. The molecule has 1 atom stereocenters. The molecule has 0 spiro atoms. The lowest BCUT2D eigenvalue weighted by Crippen LogP contribution is -2.36. The third-order valence-corrected chi connectivity index (χ3v) is 2.96. The summed E-state index contributed by atoms with van der Waals surface area (Å²) in [6.45, 7) is 4.90. The van der Waals surface area contributed by atoms with E-state index in [9.17, 15) is 4.79 Å². The maximum Gasteiger partial charge on any atom is 0.319 e. The quantitative estimate of drug-likeness (QED) is 0.737.